The fourth-order valence-electron chi connectivity index (χ4n) is 2.46. The van der Waals surface area contributed by atoms with Gasteiger partial charge in [-0.3, -0.25) is 0 Å². The van der Waals surface area contributed by atoms with Crippen LogP contribution in [0.5, 0.6) is 0 Å². The minimum absolute atomic E-state index is 0.467. The van der Waals surface area contributed by atoms with Gasteiger partial charge in [0, 0.05) is 22.0 Å². The summed E-state index contributed by atoms with van der Waals surface area (Å²) in [4.78, 5) is 3.50. The Balaban J connectivity index is 2.51. The summed E-state index contributed by atoms with van der Waals surface area (Å²) >= 11 is 0. The largest absolute Gasteiger partial charge is 0.399 e. The first-order valence-corrected chi connectivity index (χ1v) is 5.96. The van der Waals surface area contributed by atoms with Crippen LogP contribution in [0.1, 0.15) is 25.3 Å². The van der Waals surface area contributed by atoms with Crippen LogP contribution in [0.25, 0.3) is 21.8 Å². The van der Waals surface area contributed by atoms with Crippen LogP contribution in [0.4, 0.5) is 5.69 Å². The Labute approximate surface area is 100 Å². The molecule has 3 rings (SSSR count). The molecule has 0 radical (unpaired) electrons. The average molecular weight is 224 g/mol. The minimum atomic E-state index is 0.467. The quantitative estimate of drug-likeness (QED) is 0.602. The number of nitrogens with two attached hydrogens (primary N) is 1. The molecule has 17 heavy (non-hydrogen) atoms. The number of nitrogen functional groups attached to an aromatic ring is 1. The van der Waals surface area contributed by atoms with Crippen molar-refractivity contribution >= 4 is 27.5 Å². The third-order valence-electron chi connectivity index (χ3n) is 3.29. The van der Waals surface area contributed by atoms with E-state index in [0.717, 1.165) is 5.69 Å². The standard InChI is InChI=1S/C15H16N2/c1-9(2)12-7-10(16)8-13-11-5-3-4-6-14(11)17-15(12)13/h3-9,17H,16H2,1-2H3. The van der Waals surface area contributed by atoms with E-state index in [4.69, 9.17) is 5.73 Å². The van der Waals surface area contributed by atoms with Crippen LogP contribution in [0.3, 0.4) is 0 Å². The van der Waals surface area contributed by atoms with Crippen molar-refractivity contribution in [2.45, 2.75) is 19.8 Å². The maximum atomic E-state index is 6.00. The van der Waals surface area contributed by atoms with Crippen molar-refractivity contribution in [1.82, 2.24) is 4.98 Å². The van der Waals surface area contributed by atoms with Crippen molar-refractivity contribution < 1.29 is 0 Å². The van der Waals surface area contributed by atoms with Crippen LogP contribution < -0.4 is 5.73 Å². The van der Waals surface area contributed by atoms with E-state index in [-0.39, 0.29) is 0 Å². The summed E-state index contributed by atoms with van der Waals surface area (Å²) in [6.45, 7) is 4.39. The van der Waals surface area contributed by atoms with Gasteiger partial charge in [0.1, 0.15) is 0 Å². The van der Waals surface area contributed by atoms with Crippen LogP contribution in [0, 0.1) is 0 Å². The van der Waals surface area contributed by atoms with Gasteiger partial charge in [0.15, 0.2) is 0 Å². The Kier molecular flexibility index (Phi) is 2.11. The van der Waals surface area contributed by atoms with E-state index in [1.54, 1.807) is 0 Å². The van der Waals surface area contributed by atoms with E-state index < -0.39 is 0 Å². The van der Waals surface area contributed by atoms with Crippen molar-refractivity contribution in [2.75, 3.05) is 5.73 Å². The summed E-state index contributed by atoms with van der Waals surface area (Å²) in [5.41, 5.74) is 10.5. The number of aromatic amines is 1. The average Bonchev–Trinajstić information content (AvgIpc) is 2.66. The number of fused-ring (bicyclic) bond motifs is 3. The molecule has 0 aliphatic rings. The first-order valence-electron chi connectivity index (χ1n) is 5.96. The molecule has 0 unspecified atom stereocenters. The summed E-state index contributed by atoms with van der Waals surface area (Å²) in [7, 11) is 0. The number of benzene rings is 2. The van der Waals surface area contributed by atoms with Crippen LogP contribution in [-0.2, 0) is 0 Å². The zero-order chi connectivity index (χ0) is 12.0. The molecule has 2 heteroatoms. The maximum Gasteiger partial charge on any atom is 0.0501 e. The molecule has 1 heterocycles. The topological polar surface area (TPSA) is 41.8 Å². The number of nitrogens with one attached hydrogen (secondary N) is 1. The molecular weight excluding hydrogens is 208 g/mol. The first kappa shape index (κ1) is 10.2. The third-order valence-corrected chi connectivity index (χ3v) is 3.29. The van der Waals surface area contributed by atoms with Crippen molar-refractivity contribution in [3.05, 3.63) is 42.0 Å². The number of anilines is 1. The lowest BCUT2D eigenvalue weighted by molar-refractivity contribution is 0.874. The monoisotopic (exact) mass is 224 g/mol. The molecule has 0 aliphatic heterocycles. The van der Waals surface area contributed by atoms with Gasteiger partial charge >= 0.3 is 0 Å². The van der Waals surface area contributed by atoms with E-state index in [0.29, 0.717) is 5.92 Å². The lowest BCUT2D eigenvalue weighted by Crippen LogP contribution is -1.93. The van der Waals surface area contributed by atoms with E-state index >= 15 is 0 Å². The second-order valence-corrected chi connectivity index (χ2v) is 4.86. The molecule has 0 bridgehead atoms. The molecule has 0 saturated heterocycles. The Morgan fingerprint density at radius 2 is 1.82 bits per heavy atom. The van der Waals surface area contributed by atoms with Crippen molar-refractivity contribution in [1.29, 1.82) is 0 Å². The lowest BCUT2D eigenvalue weighted by Gasteiger charge is -2.08. The Hall–Kier alpha value is -1.96. The zero-order valence-electron chi connectivity index (χ0n) is 10.1. The molecule has 0 spiro atoms. The molecule has 1 aromatic heterocycles. The zero-order valence-corrected chi connectivity index (χ0v) is 10.1. The van der Waals surface area contributed by atoms with Gasteiger partial charge < -0.3 is 10.7 Å². The van der Waals surface area contributed by atoms with Gasteiger partial charge in [-0.15, -0.1) is 0 Å². The smallest absolute Gasteiger partial charge is 0.0501 e. The number of H-pyrrole nitrogens is 1. The lowest BCUT2D eigenvalue weighted by atomic mass is 9.99. The van der Waals surface area contributed by atoms with Crippen molar-refractivity contribution in [3.8, 4) is 0 Å². The van der Waals surface area contributed by atoms with Crippen molar-refractivity contribution in [2.24, 2.45) is 0 Å². The summed E-state index contributed by atoms with van der Waals surface area (Å²) in [5, 5.41) is 2.47. The van der Waals surface area contributed by atoms with Gasteiger partial charge in [-0.05, 0) is 29.7 Å². The van der Waals surface area contributed by atoms with Gasteiger partial charge in [-0.2, -0.15) is 0 Å². The highest BCUT2D eigenvalue weighted by molar-refractivity contribution is 6.09. The van der Waals surface area contributed by atoms with E-state index in [1.165, 1.54) is 27.4 Å². The van der Waals surface area contributed by atoms with Crippen LogP contribution >= 0.6 is 0 Å². The highest BCUT2D eigenvalue weighted by Crippen LogP contribution is 2.32. The molecule has 3 N–H and O–H groups in total. The van der Waals surface area contributed by atoms with Crippen LogP contribution in [-0.4, -0.2) is 4.98 Å². The fourth-order valence-corrected chi connectivity index (χ4v) is 2.46. The number of para-hydroxylation sites is 1. The molecule has 0 aliphatic carbocycles. The van der Waals surface area contributed by atoms with Gasteiger partial charge in [0.2, 0.25) is 0 Å². The van der Waals surface area contributed by atoms with Gasteiger partial charge in [0.25, 0.3) is 0 Å². The summed E-state index contributed by atoms with van der Waals surface area (Å²) in [5.74, 6) is 0.467. The second-order valence-electron chi connectivity index (χ2n) is 4.86. The van der Waals surface area contributed by atoms with Crippen LogP contribution in [0.2, 0.25) is 0 Å². The van der Waals surface area contributed by atoms with E-state index in [9.17, 15) is 0 Å². The summed E-state index contributed by atoms with van der Waals surface area (Å²) < 4.78 is 0. The molecule has 0 saturated carbocycles. The molecule has 2 nitrogen and oxygen atoms in total. The van der Waals surface area contributed by atoms with Crippen molar-refractivity contribution in [3.63, 3.8) is 0 Å². The SMILES string of the molecule is CC(C)c1cc(N)cc2c1[nH]c1ccccc12. The molecule has 3 aromatic rings. The number of aromatic nitrogens is 1. The van der Waals surface area contributed by atoms with E-state index in [1.807, 2.05) is 0 Å². The number of hydrogen-bond donors (Lipinski definition) is 2. The number of rotatable bonds is 1. The highest BCUT2D eigenvalue weighted by Gasteiger charge is 2.11. The number of hydrogen-bond acceptors (Lipinski definition) is 1. The molecule has 2 aromatic carbocycles. The third kappa shape index (κ3) is 1.48. The maximum absolute atomic E-state index is 6.00. The predicted molar refractivity (Wildman–Crippen MR) is 74.3 cm³/mol. The first-order chi connectivity index (χ1) is 8.16. The van der Waals surface area contributed by atoms with Gasteiger partial charge in [0.05, 0.1) is 5.52 Å². The second kappa shape index (κ2) is 3.52. The highest BCUT2D eigenvalue weighted by atomic mass is 14.7. The molecule has 0 fully saturated rings. The molecular formula is C15H16N2. The summed E-state index contributed by atoms with van der Waals surface area (Å²) in [6, 6.07) is 12.5. The van der Waals surface area contributed by atoms with Gasteiger partial charge in [-0.25, -0.2) is 0 Å². The Morgan fingerprint density at radius 1 is 1.06 bits per heavy atom. The van der Waals surface area contributed by atoms with Crippen LogP contribution in [0.15, 0.2) is 36.4 Å². The van der Waals surface area contributed by atoms with E-state index in [2.05, 4.69) is 55.2 Å². The Bertz CT molecular complexity index is 693. The molecule has 0 atom stereocenters. The fraction of sp³-hybridized carbons (Fsp3) is 0.200. The summed E-state index contributed by atoms with van der Waals surface area (Å²) in [6.07, 6.45) is 0. The normalized spacial score (nSPS) is 11.7. The van der Waals surface area contributed by atoms with Gasteiger partial charge in [-0.1, -0.05) is 32.0 Å². The minimum Gasteiger partial charge on any atom is -0.399 e. The molecule has 86 valence electrons. The predicted octanol–water partition coefficient (Wildman–Crippen LogP) is 4.03. The Morgan fingerprint density at radius 3 is 2.59 bits per heavy atom. The molecule has 0 amide bonds.